The van der Waals surface area contributed by atoms with Gasteiger partial charge in [0.1, 0.15) is 6.61 Å². The molecule has 16 heavy (non-hydrogen) atoms. The van der Waals surface area contributed by atoms with Crippen molar-refractivity contribution < 1.29 is 14.5 Å². The maximum absolute atomic E-state index is 11.1. The minimum Gasteiger partial charge on any atom is -0.369 e. The van der Waals surface area contributed by atoms with Gasteiger partial charge in [0.25, 0.3) is 5.69 Å². The van der Waals surface area contributed by atoms with Crippen LogP contribution in [0.3, 0.4) is 0 Å². The summed E-state index contributed by atoms with van der Waals surface area (Å²) in [6.07, 6.45) is 0. The number of carbonyl (C=O) groups excluding carboxylic acids is 1. The quantitative estimate of drug-likeness (QED) is 0.592. The van der Waals surface area contributed by atoms with E-state index in [4.69, 9.17) is 4.74 Å². The maximum Gasteiger partial charge on any atom is 0.269 e. The van der Waals surface area contributed by atoms with Crippen LogP contribution in [0.2, 0.25) is 0 Å². The standard InChI is InChI=1S/C10H10N2O4/c13-10-6-16-5-9(11-10)7-1-3-8(4-2-7)12(14)15/h1-4,9H,5-6H2,(H,11,13)/t9-/m0/s1. The first kappa shape index (κ1) is 10.6. The van der Waals surface area contributed by atoms with Gasteiger partial charge >= 0.3 is 0 Å². The summed E-state index contributed by atoms with van der Waals surface area (Å²) in [6, 6.07) is 5.85. The van der Waals surface area contributed by atoms with Crippen LogP contribution in [0.4, 0.5) is 5.69 Å². The number of rotatable bonds is 2. The number of hydrogen-bond acceptors (Lipinski definition) is 4. The minimum atomic E-state index is -0.459. The Bertz CT molecular complexity index is 415. The molecule has 84 valence electrons. The van der Waals surface area contributed by atoms with Crippen molar-refractivity contribution in [2.45, 2.75) is 6.04 Å². The third-order valence-corrected chi connectivity index (χ3v) is 2.36. The van der Waals surface area contributed by atoms with Crippen molar-refractivity contribution in [2.24, 2.45) is 0 Å². The molecule has 0 spiro atoms. The molecular weight excluding hydrogens is 212 g/mol. The fraction of sp³-hybridized carbons (Fsp3) is 0.300. The topological polar surface area (TPSA) is 81.5 Å². The fourth-order valence-electron chi connectivity index (χ4n) is 1.56. The summed E-state index contributed by atoms with van der Waals surface area (Å²) in [5.74, 6) is -0.172. The van der Waals surface area contributed by atoms with Gasteiger partial charge in [0.2, 0.25) is 5.91 Å². The predicted octanol–water partition coefficient (Wildman–Crippen LogP) is 0.782. The molecule has 1 saturated heterocycles. The van der Waals surface area contributed by atoms with Gasteiger partial charge in [-0.05, 0) is 5.56 Å². The van der Waals surface area contributed by atoms with Crippen LogP contribution in [0.15, 0.2) is 24.3 Å². The van der Waals surface area contributed by atoms with Crippen LogP contribution in [0.1, 0.15) is 11.6 Å². The Morgan fingerprint density at radius 3 is 2.62 bits per heavy atom. The van der Waals surface area contributed by atoms with Crippen LogP contribution in [-0.4, -0.2) is 24.0 Å². The van der Waals surface area contributed by atoms with E-state index in [0.717, 1.165) is 5.56 Å². The normalized spacial score (nSPS) is 20.2. The molecule has 1 N–H and O–H groups in total. The molecule has 1 aromatic rings. The summed E-state index contributed by atoms with van der Waals surface area (Å²) >= 11 is 0. The number of benzene rings is 1. The van der Waals surface area contributed by atoms with Gasteiger partial charge in [-0.3, -0.25) is 14.9 Å². The van der Waals surface area contributed by atoms with E-state index in [1.807, 2.05) is 0 Å². The molecule has 1 aliphatic heterocycles. The third kappa shape index (κ3) is 2.17. The first-order valence-electron chi connectivity index (χ1n) is 4.78. The number of carbonyl (C=O) groups is 1. The molecule has 1 heterocycles. The number of ether oxygens (including phenoxy) is 1. The van der Waals surface area contributed by atoms with E-state index in [0.29, 0.717) is 6.61 Å². The third-order valence-electron chi connectivity index (χ3n) is 2.36. The summed E-state index contributed by atoms with van der Waals surface area (Å²) in [7, 11) is 0. The Hall–Kier alpha value is -1.95. The summed E-state index contributed by atoms with van der Waals surface area (Å²) < 4.78 is 5.08. The number of nitrogens with zero attached hydrogens (tertiary/aromatic N) is 1. The summed E-state index contributed by atoms with van der Waals surface area (Å²) in [5.41, 5.74) is 0.838. The maximum atomic E-state index is 11.1. The van der Waals surface area contributed by atoms with E-state index in [2.05, 4.69) is 5.32 Å². The van der Waals surface area contributed by atoms with Crippen molar-refractivity contribution in [3.8, 4) is 0 Å². The molecule has 0 radical (unpaired) electrons. The largest absolute Gasteiger partial charge is 0.369 e. The highest BCUT2D eigenvalue weighted by molar-refractivity contribution is 5.78. The summed E-state index contributed by atoms with van der Waals surface area (Å²) in [5, 5.41) is 13.2. The van der Waals surface area contributed by atoms with Gasteiger partial charge in [-0.2, -0.15) is 0 Å². The molecule has 6 heteroatoms. The van der Waals surface area contributed by atoms with E-state index in [-0.39, 0.29) is 24.2 Å². The van der Waals surface area contributed by atoms with Crippen molar-refractivity contribution in [3.63, 3.8) is 0 Å². The molecule has 0 aliphatic carbocycles. The van der Waals surface area contributed by atoms with Crippen molar-refractivity contribution in [1.29, 1.82) is 0 Å². The van der Waals surface area contributed by atoms with Gasteiger partial charge in [-0.25, -0.2) is 0 Å². The van der Waals surface area contributed by atoms with E-state index in [9.17, 15) is 14.9 Å². The average molecular weight is 222 g/mol. The van der Waals surface area contributed by atoms with Crippen LogP contribution in [-0.2, 0) is 9.53 Å². The highest BCUT2D eigenvalue weighted by Gasteiger charge is 2.20. The van der Waals surface area contributed by atoms with Crippen molar-refractivity contribution in [2.75, 3.05) is 13.2 Å². The molecule has 1 aromatic carbocycles. The average Bonchev–Trinajstić information content (AvgIpc) is 2.29. The lowest BCUT2D eigenvalue weighted by molar-refractivity contribution is -0.384. The second-order valence-electron chi connectivity index (χ2n) is 3.48. The Kier molecular flexibility index (Phi) is 2.82. The molecule has 1 aliphatic rings. The van der Waals surface area contributed by atoms with E-state index in [1.165, 1.54) is 12.1 Å². The number of nitro groups is 1. The van der Waals surface area contributed by atoms with Gasteiger partial charge in [0.05, 0.1) is 17.6 Å². The van der Waals surface area contributed by atoms with Gasteiger partial charge in [0, 0.05) is 12.1 Å². The summed E-state index contributed by atoms with van der Waals surface area (Å²) in [6.45, 7) is 0.465. The Labute approximate surface area is 91.4 Å². The smallest absolute Gasteiger partial charge is 0.269 e. The molecule has 1 amide bonds. The lowest BCUT2D eigenvalue weighted by Crippen LogP contribution is -2.39. The van der Waals surface area contributed by atoms with Gasteiger partial charge in [0.15, 0.2) is 0 Å². The van der Waals surface area contributed by atoms with Crippen molar-refractivity contribution in [1.82, 2.24) is 5.32 Å². The highest BCUT2D eigenvalue weighted by Crippen LogP contribution is 2.19. The zero-order valence-electron chi connectivity index (χ0n) is 8.38. The number of non-ortho nitro benzene ring substituents is 1. The van der Waals surface area contributed by atoms with Gasteiger partial charge < -0.3 is 10.1 Å². The lowest BCUT2D eigenvalue weighted by atomic mass is 10.1. The van der Waals surface area contributed by atoms with Crippen LogP contribution in [0.25, 0.3) is 0 Å². The molecular formula is C10H10N2O4. The molecule has 2 rings (SSSR count). The number of nitrogens with one attached hydrogen (secondary N) is 1. The first-order chi connectivity index (χ1) is 7.66. The monoisotopic (exact) mass is 222 g/mol. The molecule has 1 fully saturated rings. The molecule has 6 nitrogen and oxygen atoms in total. The van der Waals surface area contributed by atoms with E-state index < -0.39 is 4.92 Å². The second kappa shape index (κ2) is 4.28. The van der Waals surface area contributed by atoms with Crippen molar-refractivity contribution >= 4 is 11.6 Å². The van der Waals surface area contributed by atoms with Crippen molar-refractivity contribution in [3.05, 3.63) is 39.9 Å². The molecule has 1 atom stereocenters. The molecule has 0 saturated carbocycles. The van der Waals surface area contributed by atoms with Crippen LogP contribution in [0, 0.1) is 10.1 Å². The SMILES string of the molecule is O=C1COC[C@@H](c2ccc([N+](=O)[O-])cc2)N1. The molecule has 0 aromatic heterocycles. The van der Waals surface area contributed by atoms with Gasteiger partial charge in [-0.15, -0.1) is 0 Å². The Morgan fingerprint density at radius 2 is 2.06 bits per heavy atom. The number of nitro benzene ring substituents is 1. The Balaban J connectivity index is 2.14. The van der Waals surface area contributed by atoms with E-state index in [1.54, 1.807) is 12.1 Å². The highest BCUT2D eigenvalue weighted by atomic mass is 16.6. The summed E-state index contributed by atoms with van der Waals surface area (Å²) in [4.78, 5) is 21.1. The van der Waals surface area contributed by atoms with E-state index >= 15 is 0 Å². The van der Waals surface area contributed by atoms with Gasteiger partial charge in [-0.1, -0.05) is 12.1 Å². The zero-order chi connectivity index (χ0) is 11.5. The van der Waals surface area contributed by atoms with Crippen LogP contribution >= 0.6 is 0 Å². The fourth-order valence-corrected chi connectivity index (χ4v) is 1.56. The lowest BCUT2D eigenvalue weighted by Gasteiger charge is -2.23. The Morgan fingerprint density at radius 1 is 1.38 bits per heavy atom. The first-order valence-corrected chi connectivity index (χ1v) is 4.78. The molecule has 0 bridgehead atoms. The van der Waals surface area contributed by atoms with Crippen LogP contribution < -0.4 is 5.32 Å². The number of morpholine rings is 1. The number of amides is 1. The minimum absolute atomic E-state index is 0.0341. The predicted molar refractivity (Wildman–Crippen MR) is 54.8 cm³/mol. The molecule has 0 unspecified atom stereocenters. The zero-order valence-corrected chi connectivity index (χ0v) is 8.38. The second-order valence-corrected chi connectivity index (χ2v) is 3.48. The van der Waals surface area contributed by atoms with Crippen LogP contribution in [0.5, 0.6) is 0 Å². The number of hydrogen-bond donors (Lipinski definition) is 1.